The minimum atomic E-state index is 0.543. The maximum absolute atomic E-state index is 5.41. The van der Waals surface area contributed by atoms with Gasteiger partial charge in [0.1, 0.15) is 0 Å². The van der Waals surface area contributed by atoms with E-state index < -0.39 is 0 Å². The van der Waals surface area contributed by atoms with Gasteiger partial charge in [0.25, 0.3) is 0 Å². The molecule has 1 aliphatic heterocycles. The van der Waals surface area contributed by atoms with E-state index in [-0.39, 0.29) is 0 Å². The molecular weight excluding hydrogens is 198 g/mol. The number of hydrogen-bond acceptors (Lipinski definition) is 2. The highest BCUT2D eigenvalue weighted by Crippen LogP contribution is 2.19. The normalized spacial score (nSPS) is 17.8. The molecule has 2 nitrogen and oxygen atoms in total. The zero-order valence-electron chi connectivity index (χ0n) is 10.9. The van der Waals surface area contributed by atoms with Gasteiger partial charge >= 0.3 is 0 Å². The van der Waals surface area contributed by atoms with Crippen molar-refractivity contribution in [2.24, 2.45) is 0 Å². The molecule has 0 saturated heterocycles. The van der Waals surface area contributed by atoms with E-state index in [1.54, 1.807) is 0 Å². The van der Waals surface area contributed by atoms with Crippen molar-refractivity contribution in [3.05, 3.63) is 11.8 Å². The first kappa shape index (κ1) is 13.6. The fraction of sp³-hybridized carbons (Fsp3) is 0.857. The van der Waals surface area contributed by atoms with Gasteiger partial charge in [-0.1, -0.05) is 39.0 Å². The van der Waals surface area contributed by atoms with Crippen molar-refractivity contribution in [3.63, 3.8) is 0 Å². The highest BCUT2D eigenvalue weighted by Gasteiger charge is 2.14. The Hall–Kier alpha value is -0.500. The monoisotopic (exact) mass is 225 g/mol. The van der Waals surface area contributed by atoms with Crippen LogP contribution in [0.2, 0.25) is 0 Å². The van der Waals surface area contributed by atoms with Gasteiger partial charge in [-0.3, -0.25) is 0 Å². The van der Waals surface area contributed by atoms with Crippen molar-refractivity contribution in [2.45, 2.75) is 64.3 Å². The first-order chi connectivity index (χ1) is 7.88. The summed E-state index contributed by atoms with van der Waals surface area (Å²) in [6.07, 6.45) is 12.4. The molecule has 16 heavy (non-hydrogen) atoms. The summed E-state index contributed by atoms with van der Waals surface area (Å²) in [5.74, 6) is 0. The summed E-state index contributed by atoms with van der Waals surface area (Å²) in [6, 6.07) is 0.543. The van der Waals surface area contributed by atoms with Crippen LogP contribution in [-0.4, -0.2) is 19.7 Å². The van der Waals surface area contributed by atoms with Crippen molar-refractivity contribution in [3.8, 4) is 0 Å². The van der Waals surface area contributed by atoms with Crippen molar-refractivity contribution in [1.29, 1.82) is 0 Å². The van der Waals surface area contributed by atoms with Gasteiger partial charge in [0.2, 0.25) is 0 Å². The number of hydrogen-bond donors (Lipinski definition) is 1. The number of likely N-dealkylation sites (N-methyl/N-ethyl adjacent to an activating group) is 1. The Morgan fingerprint density at radius 1 is 1.31 bits per heavy atom. The molecule has 0 fully saturated rings. The number of rotatable bonds is 8. The van der Waals surface area contributed by atoms with E-state index in [4.69, 9.17) is 4.74 Å². The van der Waals surface area contributed by atoms with Crippen LogP contribution >= 0.6 is 0 Å². The largest absolute Gasteiger partial charge is 0.501 e. The molecule has 0 aromatic rings. The number of unbranched alkanes of at least 4 members (excludes halogenated alkanes) is 4. The second kappa shape index (κ2) is 8.63. The summed E-state index contributed by atoms with van der Waals surface area (Å²) in [7, 11) is 2.06. The molecule has 0 aromatic heterocycles. The molecule has 1 atom stereocenters. The smallest absolute Gasteiger partial charge is 0.0876 e. The Morgan fingerprint density at radius 2 is 2.12 bits per heavy atom. The quantitative estimate of drug-likeness (QED) is 0.637. The van der Waals surface area contributed by atoms with Gasteiger partial charge < -0.3 is 10.1 Å². The second-order valence-electron chi connectivity index (χ2n) is 4.71. The molecule has 1 N–H and O–H groups in total. The van der Waals surface area contributed by atoms with Crippen molar-refractivity contribution < 1.29 is 4.74 Å². The summed E-state index contributed by atoms with van der Waals surface area (Å²) in [6.45, 7) is 3.16. The summed E-state index contributed by atoms with van der Waals surface area (Å²) in [5.41, 5.74) is 1.46. The fourth-order valence-corrected chi connectivity index (χ4v) is 2.31. The highest BCUT2D eigenvalue weighted by molar-refractivity contribution is 5.09. The van der Waals surface area contributed by atoms with Gasteiger partial charge in [-0.25, -0.2) is 0 Å². The van der Waals surface area contributed by atoms with Gasteiger partial charge in [0.15, 0.2) is 0 Å². The van der Waals surface area contributed by atoms with Gasteiger partial charge in [-0.15, -0.1) is 0 Å². The molecule has 1 unspecified atom stereocenters. The van der Waals surface area contributed by atoms with E-state index >= 15 is 0 Å². The Labute approximate surface area is 100 Å². The Morgan fingerprint density at radius 3 is 2.75 bits per heavy atom. The fourth-order valence-electron chi connectivity index (χ4n) is 2.31. The van der Waals surface area contributed by atoms with Crippen molar-refractivity contribution >= 4 is 0 Å². The molecule has 0 radical (unpaired) electrons. The molecule has 1 rings (SSSR count). The van der Waals surface area contributed by atoms with E-state index in [0.717, 1.165) is 6.61 Å². The van der Waals surface area contributed by atoms with Crippen LogP contribution in [0.25, 0.3) is 0 Å². The molecule has 1 heterocycles. The average molecular weight is 225 g/mol. The van der Waals surface area contributed by atoms with E-state index in [9.17, 15) is 0 Å². The van der Waals surface area contributed by atoms with E-state index in [0.29, 0.717) is 6.04 Å². The summed E-state index contributed by atoms with van der Waals surface area (Å²) >= 11 is 0. The predicted molar refractivity (Wildman–Crippen MR) is 69.5 cm³/mol. The lowest BCUT2D eigenvalue weighted by atomic mass is 9.96. The van der Waals surface area contributed by atoms with E-state index in [1.807, 2.05) is 6.26 Å². The third kappa shape index (κ3) is 5.02. The van der Waals surface area contributed by atoms with Crippen molar-refractivity contribution in [2.75, 3.05) is 13.7 Å². The summed E-state index contributed by atoms with van der Waals surface area (Å²) in [5, 5.41) is 3.41. The Balaban J connectivity index is 2.18. The SMILES string of the molecule is CCCCCCCC(NC)C1=COCCC1. The molecule has 0 amide bonds. The molecule has 2 heteroatoms. The highest BCUT2D eigenvalue weighted by atomic mass is 16.5. The van der Waals surface area contributed by atoms with Gasteiger partial charge in [0.05, 0.1) is 12.9 Å². The predicted octanol–water partition coefficient (Wildman–Crippen LogP) is 3.63. The van der Waals surface area contributed by atoms with Crippen LogP contribution in [0.3, 0.4) is 0 Å². The Kier molecular flexibility index (Phi) is 7.32. The molecule has 0 spiro atoms. The summed E-state index contributed by atoms with van der Waals surface area (Å²) < 4.78 is 5.41. The maximum Gasteiger partial charge on any atom is 0.0876 e. The number of ether oxygens (including phenoxy) is 1. The van der Waals surface area contributed by atoms with Crippen LogP contribution in [0.1, 0.15) is 58.3 Å². The van der Waals surface area contributed by atoms with Crippen LogP contribution in [0.4, 0.5) is 0 Å². The minimum Gasteiger partial charge on any atom is -0.501 e. The molecule has 0 aliphatic carbocycles. The first-order valence-corrected chi connectivity index (χ1v) is 6.86. The maximum atomic E-state index is 5.41. The molecular formula is C14H27NO. The third-order valence-electron chi connectivity index (χ3n) is 3.35. The molecule has 0 bridgehead atoms. The van der Waals surface area contributed by atoms with E-state index in [2.05, 4.69) is 19.3 Å². The zero-order chi connectivity index (χ0) is 11.6. The van der Waals surface area contributed by atoms with E-state index in [1.165, 1.54) is 56.9 Å². The van der Waals surface area contributed by atoms with Crippen LogP contribution in [-0.2, 0) is 4.74 Å². The number of nitrogens with one attached hydrogen (secondary N) is 1. The second-order valence-corrected chi connectivity index (χ2v) is 4.71. The molecule has 0 aromatic carbocycles. The van der Waals surface area contributed by atoms with Gasteiger partial charge in [0, 0.05) is 6.04 Å². The van der Waals surface area contributed by atoms with Crippen LogP contribution in [0.5, 0.6) is 0 Å². The van der Waals surface area contributed by atoms with Gasteiger partial charge in [-0.05, 0) is 31.9 Å². The topological polar surface area (TPSA) is 21.3 Å². The van der Waals surface area contributed by atoms with Crippen molar-refractivity contribution in [1.82, 2.24) is 5.32 Å². The van der Waals surface area contributed by atoms with Crippen LogP contribution in [0.15, 0.2) is 11.8 Å². The van der Waals surface area contributed by atoms with Crippen LogP contribution < -0.4 is 5.32 Å². The Bertz CT molecular complexity index is 201. The molecule has 0 saturated carbocycles. The lowest BCUT2D eigenvalue weighted by Gasteiger charge is -2.22. The lowest BCUT2D eigenvalue weighted by molar-refractivity contribution is 0.219. The lowest BCUT2D eigenvalue weighted by Crippen LogP contribution is -2.28. The van der Waals surface area contributed by atoms with Crippen LogP contribution in [0, 0.1) is 0 Å². The summed E-state index contributed by atoms with van der Waals surface area (Å²) in [4.78, 5) is 0. The van der Waals surface area contributed by atoms with Gasteiger partial charge in [-0.2, -0.15) is 0 Å². The minimum absolute atomic E-state index is 0.543. The molecule has 1 aliphatic rings. The third-order valence-corrected chi connectivity index (χ3v) is 3.35. The zero-order valence-corrected chi connectivity index (χ0v) is 10.9. The molecule has 94 valence electrons. The first-order valence-electron chi connectivity index (χ1n) is 6.86. The average Bonchev–Trinajstić information content (AvgIpc) is 2.35. The standard InChI is InChI=1S/C14H27NO/c1-3-4-5-6-7-10-14(15-2)13-9-8-11-16-12-13/h12,14-15H,3-11H2,1-2H3.